The predicted molar refractivity (Wildman–Crippen MR) is 141 cm³/mol. The number of nitrogens with one attached hydrogen (secondary N) is 2. The molecule has 4 rings (SSSR count). The number of aliphatic hydroxyl groups excluding tert-OH is 1. The quantitative estimate of drug-likeness (QED) is 0.266. The van der Waals surface area contributed by atoms with Crippen LogP contribution in [0, 0.1) is 0 Å². The second-order valence-corrected chi connectivity index (χ2v) is 9.51. The van der Waals surface area contributed by atoms with Crippen LogP contribution in [0.25, 0.3) is 10.9 Å². The van der Waals surface area contributed by atoms with Gasteiger partial charge in [0.1, 0.15) is 24.0 Å². The summed E-state index contributed by atoms with van der Waals surface area (Å²) in [6.07, 6.45) is 6.41. The van der Waals surface area contributed by atoms with Crippen molar-refractivity contribution in [3.8, 4) is 0 Å². The number of aryl methyl sites for hydroxylation is 2. The fraction of sp³-hybridized carbons (Fsp3) is 0.481. The van der Waals surface area contributed by atoms with Crippen molar-refractivity contribution in [1.82, 2.24) is 19.9 Å². The molecule has 3 aromatic rings. The van der Waals surface area contributed by atoms with E-state index in [1.165, 1.54) is 11.9 Å². The summed E-state index contributed by atoms with van der Waals surface area (Å²) in [5.41, 5.74) is 3.15. The molecule has 2 atom stereocenters. The molecule has 1 aliphatic rings. The van der Waals surface area contributed by atoms with E-state index in [1.54, 1.807) is 6.92 Å². The van der Waals surface area contributed by atoms with Crippen LogP contribution in [0.2, 0.25) is 0 Å². The molecule has 9 nitrogen and oxygen atoms in total. The highest BCUT2D eigenvalue weighted by Crippen LogP contribution is 2.21. The summed E-state index contributed by atoms with van der Waals surface area (Å²) in [5.74, 6) is 0.613. The number of aliphatic hydroxyl groups is 1. The second-order valence-electron chi connectivity index (χ2n) is 9.51. The fourth-order valence-corrected chi connectivity index (χ4v) is 4.67. The lowest BCUT2D eigenvalue weighted by Gasteiger charge is -2.26. The molecule has 2 unspecified atom stereocenters. The van der Waals surface area contributed by atoms with Gasteiger partial charge in [-0.05, 0) is 75.8 Å². The zero-order chi connectivity index (χ0) is 25.3. The fourth-order valence-electron chi connectivity index (χ4n) is 4.67. The Balaban J connectivity index is 1.30. The van der Waals surface area contributed by atoms with Crippen LogP contribution in [-0.4, -0.2) is 74.4 Å². The van der Waals surface area contributed by atoms with E-state index < -0.39 is 18.1 Å². The topological polar surface area (TPSA) is 124 Å². The van der Waals surface area contributed by atoms with E-state index in [-0.39, 0.29) is 0 Å². The minimum Gasteiger partial charge on any atom is -0.480 e. The zero-order valence-corrected chi connectivity index (χ0v) is 20.9. The van der Waals surface area contributed by atoms with E-state index in [4.69, 9.17) is 4.98 Å². The van der Waals surface area contributed by atoms with Crippen molar-refractivity contribution in [2.75, 3.05) is 36.8 Å². The third-order valence-corrected chi connectivity index (χ3v) is 6.52. The SMILES string of the molecule is CC(O)CN(CCCCc1ccc2c(n1)NCCC2)CCC(Nc1ncnc2ccccc12)C(=O)O. The monoisotopic (exact) mass is 492 g/mol. The van der Waals surface area contributed by atoms with Gasteiger partial charge in [0.2, 0.25) is 0 Å². The molecule has 3 heterocycles. The van der Waals surface area contributed by atoms with Gasteiger partial charge < -0.3 is 25.7 Å². The first kappa shape index (κ1) is 25.8. The first-order valence-corrected chi connectivity index (χ1v) is 12.8. The van der Waals surface area contributed by atoms with Gasteiger partial charge in [-0.15, -0.1) is 0 Å². The number of pyridine rings is 1. The molecule has 0 radical (unpaired) electrons. The summed E-state index contributed by atoms with van der Waals surface area (Å²) < 4.78 is 0. The van der Waals surface area contributed by atoms with Crippen molar-refractivity contribution in [3.63, 3.8) is 0 Å². The zero-order valence-electron chi connectivity index (χ0n) is 20.9. The normalized spacial score (nSPS) is 14.8. The van der Waals surface area contributed by atoms with Gasteiger partial charge in [0.15, 0.2) is 0 Å². The number of aliphatic carboxylic acids is 1. The summed E-state index contributed by atoms with van der Waals surface area (Å²) in [6.45, 7) is 4.59. The van der Waals surface area contributed by atoms with Crippen LogP contribution >= 0.6 is 0 Å². The number of anilines is 2. The summed E-state index contributed by atoms with van der Waals surface area (Å²) in [4.78, 5) is 27.4. The van der Waals surface area contributed by atoms with E-state index in [2.05, 4.69) is 37.6 Å². The number of nitrogens with zero attached hydrogens (tertiary/aromatic N) is 4. The van der Waals surface area contributed by atoms with Gasteiger partial charge in [0.25, 0.3) is 0 Å². The van der Waals surface area contributed by atoms with E-state index in [1.807, 2.05) is 24.3 Å². The third-order valence-electron chi connectivity index (χ3n) is 6.52. The number of carboxylic acid groups (broad SMARTS) is 1. The van der Waals surface area contributed by atoms with Gasteiger partial charge in [-0.1, -0.05) is 18.2 Å². The molecule has 0 saturated carbocycles. The molecule has 0 saturated heterocycles. The Labute approximate surface area is 212 Å². The molecule has 1 aromatic carbocycles. The van der Waals surface area contributed by atoms with E-state index in [0.29, 0.717) is 25.3 Å². The predicted octanol–water partition coefficient (Wildman–Crippen LogP) is 3.34. The molecule has 4 N–H and O–H groups in total. The molecule has 0 spiro atoms. The largest absolute Gasteiger partial charge is 0.480 e. The number of para-hydroxylation sites is 1. The number of aromatic nitrogens is 3. The van der Waals surface area contributed by atoms with Gasteiger partial charge in [0.05, 0.1) is 11.6 Å². The van der Waals surface area contributed by atoms with Gasteiger partial charge in [0, 0.05) is 30.7 Å². The first-order valence-electron chi connectivity index (χ1n) is 12.8. The Kier molecular flexibility index (Phi) is 9.02. The molecule has 9 heteroatoms. The highest BCUT2D eigenvalue weighted by atomic mass is 16.4. The summed E-state index contributed by atoms with van der Waals surface area (Å²) >= 11 is 0. The van der Waals surface area contributed by atoms with Crippen LogP contribution in [0.1, 0.15) is 43.9 Å². The number of hydrogen-bond acceptors (Lipinski definition) is 8. The van der Waals surface area contributed by atoms with E-state index >= 15 is 0 Å². The summed E-state index contributed by atoms with van der Waals surface area (Å²) in [7, 11) is 0. The first-order chi connectivity index (χ1) is 17.5. The molecular formula is C27H36N6O3. The van der Waals surface area contributed by atoms with Crippen LogP contribution < -0.4 is 10.6 Å². The van der Waals surface area contributed by atoms with Crippen molar-refractivity contribution in [2.45, 2.75) is 57.6 Å². The van der Waals surface area contributed by atoms with Crippen molar-refractivity contribution >= 4 is 28.5 Å². The van der Waals surface area contributed by atoms with Crippen molar-refractivity contribution in [3.05, 3.63) is 54.0 Å². The molecule has 0 bridgehead atoms. The van der Waals surface area contributed by atoms with E-state index in [0.717, 1.165) is 67.6 Å². The van der Waals surface area contributed by atoms with Gasteiger partial charge in [-0.3, -0.25) is 0 Å². The molecular weight excluding hydrogens is 456 g/mol. The van der Waals surface area contributed by atoms with Gasteiger partial charge in [-0.2, -0.15) is 0 Å². The summed E-state index contributed by atoms with van der Waals surface area (Å²) in [6, 6.07) is 11.0. The molecule has 0 amide bonds. The lowest BCUT2D eigenvalue weighted by molar-refractivity contribution is -0.138. The molecule has 2 aromatic heterocycles. The van der Waals surface area contributed by atoms with Crippen molar-refractivity contribution < 1.29 is 15.0 Å². The molecule has 36 heavy (non-hydrogen) atoms. The van der Waals surface area contributed by atoms with Crippen LogP contribution in [0.15, 0.2) is 42.7 Å². The lowest BCUT2D eigenvalue weighted by Crippen LogP contribution is -2.38. The Morgan fingerprint density at radius 2 is 2.03 bits per heavy atom. The number of rotatable bonds is 13. The van der Waals surface area contributed by atoms with Crippen molar-refractivity contribution in [2.24, 2.45) is 0 Å². The molecule has 1 aliphatic heterocycles. The smallest absolute Gasteiger partial charge is 0.326 e. The maximum atomic E-state index is 12.0. The van der Waals surface area contributed by atoms with Crippen molar-refractivity contribution in [1.29, 1.82) is 0 Å². The van der Waals surface area contributed by atoms with Crippen LogP contribution in [-0.2, 0) is 17.6 Å². The number of benzene rings is 1. The number of unbranched alkanes of at least 4 members (excludes halogenated alkanes) is 1. The highest BCUT2D eigenvalue weighted by molar-refractivity contribution is 5.90. The Morgan fingerprint density at radius 1 is 1.17 bits per heavy atom. The number of carbonyl (C=O) groups is 1. The van der Waals surface area contributed by atoms with Crippen LogP contribution in [0.4, 0.5) is 11.6 Å². The average molecular weight is 493 g/mol. The second kappa shape index (κ2) is 12.6. The molecule has 0 fully saturated rings. The Bertz CT molecular complexity index is 1150. The maximum absolute atomic E-state index is 12.0. The van der Waals surface area contributed by atoms with Crippen LogP contribution in [0.3, 0.4) is 0 Å². The number of hydrogen-bond donors (Lipinski definition) is 4. The minimum atomic E-state index is -0.929. The summed E-state index contributed by atoms with van der Waals surface area (Å²) in [5, 5.41) is 27.1. The van der Waals surface area contributed by atoms with Crippen LogP contribution in [0.5, 0.6) is 0 Å². The molecule has 192 valence electrons. The third kappa shape index (κ3) is 7.11. The maximum Gasteiger partial charge on any atom is 0.326 e. The van der Waals surface area contributed by atoms with Gasteiger partial charge in [-0.25, -0.2) is 19.7 Å². The number of fused-ring (bicyclic) bond motifs is 2. The standard InChI is InChI=1S/C27H36N6O3/c1-19(34)17-33(15-5-4-8-21-12-11-20-7-6-14-28-25(20)31-21)16-13-24(27(35)36)32-26-22-9-2-3-10-23(22)29-18-30-26/h2-3,9-12,18-19,24,34H,4-8,13-17H2,1H3,(H,28,31)(H,35,36)(H,29,30,32). The Hall–Kier alpha value is -3.30. The highest BCUT2D eigenvalue weighted by Gasteiger charge is 2.21. The lowest BCUT2D eigenvalue weighted by atomic mass is 10.1. The average Bonchev–Trinajstić information content (AvgIpc) is 2.88. The minimum absolute atomic E-state index is 0.387. The Morgan fingerprint density at radius 3 is 2.86 bits per heavy atom. The van der Waals surface area contributed by atoms with Gasteiger partial charge >= 0.3 is 5.97 Å². The van der Waals surface area contributed by atoms with E-state index in [9.17, 15) is 15.0 Å². The molecule has 0 aliphatic carbocycles. The number of carboxylic acids is 1.